The van der Waals surface area contributed by atoms with Crippen molar-refractivity contribution in [3.05, 3.63) is 514 Å². The van der Waals surface area contributed by atoms with E-state index in [0.717, 1.165) is 78.1 Å². The molecule has 20 aromatic rings. The third-order valence-electron chi connectivity index (χ3n) is 29.4. The van der Waals surface area contributed by atoms with Gasteiger partial charge in [0.2, 0.25) is 0 Å². The maximum Gasteiger partial charge on any atom is 0.0979 e. The molecule has 0 atom stereocenters. The lowest BCUT2D eigenvalue weighted by molar-refractivity contribution is 0.794. The summed E-state index contributed by atoms with van der Waals surface area (Å²) in [6.45, 7) is 0. The van der Waals surface area contributed by atoms with Crippen LogP contribution in [0.4, 0.5) is 0 Å². The smallest absolute Gasteiger partial charge is 0.0979 e. The Morgan fingerprint density at radius 3 is 0.467 bits per heavy atom. The molecule has 1 heterocycles. The first kappa shape index (κ1) is 66.5. The standard InChI is InChI=1S/C120H70N2/c1-13-37-97-81(25-1)82-26-2-14-38-98(82)117(97)105-45-21-9-33-89(105)93-61-57-75(67-109(93)117)71-49-53-73(54-50-71)113-114(74-55-51-72(52-56-74)76-58-62-94-90-34-10-22-46-106(90)118(110(94)68-76)99-39-15-3-27-83(99)84-28-4-16-40-100(84)118)122-116-80(78-60-64-96-92-36-12-24-48-108(92)120(112(96)70-78)103-43-19-7-31-87(103)88-32-8-20-44-104(88)120)66-65-79(115(116)121-113)77-59-63-95-91-35-11-23-47-107(91)119(111(95)69-77)101-41-17-5-29-85(101)86-30-6-18-42-102(86)119/h1-70H. The van der Waals surface area contributed by atoms with Crippen molar-refractivity contribution in [3.63, 3.8) is 0 Å². The van der Waals surface area contributed by atoms with E-state index in [1.165, 1.54) is 178 Å². The molecule has 8 aliphatic rings. The number of benzene rings is 19. The van der Waals surface area contributed by atoms with Crippen LogP contribution in [-0.2, 0) is 21.7 Å². The summed E-state index contributed by atoms with van der Waals surface area (Å²) in [5.41, 5.74) is 53.4. The van der Waals surface area contributed by atoms with E-state index < -0.39 is 21.7 Å². The van der Waals surface area contributed by atoms with Gasteiger partial charge in [-0.2, -0.15) is 0 Å². The van der Waals surface area contributed by atoms with E-state index in [9.17, 15) is 0 Å². The first-order valence-electron chi connectivity index (χ1n) is 42.8. The zero-order valence-electron chi connectivity index (χ0n) is 66.3. The van der Waals surface area contributed by atoms with Crippen molar-refractivity contribution in [1.29, 1.82) is 0 Å². The molecular weight excluding hydrogens is 1470 g/mol. The Labute approximate surface area is 707 Å². The molecule has 19 aromatic carbocycles. The zero-order valence-corrected chi connectivity index (χ0v) is 66.3. The molecule has 0 unspecified atom stereocenters. The van der Waals surface area contributed by atoms with E-state index in [1.54, 1.807) is 0 Å². The second-order valence-corrected chi connectivity index (χ2v) is 34.5. The van der Waals surface area contributed by atoms with Gasteiger partial charge >= 0.3 is 0 Å². The number of fused-ring (bicyclic) bond motifs is 41. The van der Waals surface area contributed by atoms with E-state index >= 15 is 0 Å². The molecule has 0 fully saturated rings. The summed E-state index contributed by atoms with van der Waals surface area (Å²) in [5.74, 6) is 0. The van der Waals surface area contributed by atoms with Gasteiger partial charge in [-0.25, -0.2) is 9.97 Å². The van der Waals surface area contributed by atoms with Gasteiger partial charge in [0.05, 0.1) is 44.1 Å². The van der Waals surface area contributed by atoms with Crippen molar-refractivity contribution in [2.45, 2.75) is 21.7 Å². The molecule has 0 amide bonds. The van der Waals surface area contributed by atoms with E-state index in [-0.39, 0.29) is 0 Å². The molecule has 560 valence electrons. The van der Waals surface area contributed by atoms with Crippen molar-refractivity contribution < 1.29 is 0 Å². The van der Waals surface area contributed by atoms with E-state index in [2.05, 4.69) is 425 Å². The molecule has 122 heavy (non-hydrogen) atoms. The average molecular weight is 1540 g/mol. The van der Waals surface area contributed by atoms with Crippen molar-refractivity contribution in [3.8, 4) is 156 Å². The summed E-state index contributed by atoms with van der Waals surface area (Å²) in [5, 5.41) is 0. The highest BCUT2D eigenvalue weighted by atomic mass is 14.8. The van der Waals surface area contributed by atoms with Crippen LogP contribution in [0.15, 0.2) is 425 Å². The lowest BCUT2D eigenvalue weighted by atomic mass is 9.70. The maximum absolute atomic E-state index is 6.33. The van der Waals surface area contributed by atoms with Crippen LogP contribution in [0.2, 0.25) is 0 Å². The van der Waals surface area contributed by atoms with Crippen LogP contribution in [0.25, 0.3) is 167 Å². The fourth-order valence-corrected chi connectivity index (χ4v) is 24.7. The molecule has 0 aliphatic heterocycles. The monoisotopic (exact) mass is 1540 g/mol. The van der Waals surface area contributed by atoms with Crippen molar-refractivity contribution in [1.82, 2.24) is 9.97 Å². The zero-order chi connectivity index (χ0) is 79.5. The van der Waals surface area contributed by atoms with Crippen molar-refractivity contribution in [2.24, 2.45) is 0 Å². The third kappa shape index (κ3) is 8.20. The Kier molecular flexibility index (Phi) is 13.2. The van der Waals surface area contributed by atoms with Crippen LogP contribution in [0.3, 0.4) is 0 Å². The van der Waals surface area contributed by atoms with Crippen molar-refractivity contribution >= 4 is 11.0 Å². The first-order valence-corrected chi connectivity index (χ1v) is 42.8. The van der Waals surface area contributed by atoms with Crippen LogP contribution in [0, 0.1) is 0 Å². The predicted octanol–water partition coefficient (Wildman–Crippen LogP) is 29.0. The molecule has 0 N–H and O–H groups in total. The molecule has 0 bridgehead atoms. The Morgan fingerprint density at radius 1 is 0.115 bits per heavy atom. The molecule has 0 radical (unpaired) electrons. The van der Waals surface area contributed by atoms with Crippen LogP contribution in [-0.4, -0.2) is 9.97 Å². The minimum atomic E-state index is -0.562. The highest BCUT2D eigenvalue weighted by Crippen LogP contribution is 2.69. The van der Waals surface area contributed by atoms with Gasteiger partial charge in [-0.3, -0.25) is 0 Å². The van der Waals surface area contributed by atoms with Crippen LogP contribution in [0.5, 0.6) is 0 Å². The fraction of sp³-hybridized carbons (Fsp3) is 0.0333. The Balaban J connectivity index is 0.674. The summed E-state index contributed by atoms with van der Waals surface area (Å²) in [6.07, 6.45) is 0. The Morgan fingerprint density at radius 2 is 0.262 bits per heavy atom. The SMILES string of the molecule is c1ccc2c(c1)-c1ccccc1C21c2ccccc2-c2ccc(-c3ccc(-c4nc5c(-c6ccc7c(c6)C6(c8ccccc8-c8ccccc86)c6ccccc6-7)ccc(-c6ccc7c(c6)C6(c8ccccc8-c8ccccc86)c6ccccc6-7)c5nc4-c4ccc(-c5ccc6c(c5)C5(c7ccccc7-c7ccccc75)c5ccccc5-6)cc4)cc3)cc21. The molecular formula is C120H70N2. The second kappa shape index (κ2) is 24.1. The lowest BCUT2D eigenvalue weighted by Crippen LogP contribution is -2.25. The summed E-state index contributed by atoms with van der Waals surface area (Å²) >= 11 is 0. The molecule has 1 aromatic heterocycles. The van der Waals surface area contributed by atoms with Crippen molar-refractivity contribution in [2.75, 3.05) is 0 Å². The van der Waals surface area contributed by atoms with E-state index in [1.807, 2.05) is 0 Å². The van der Waals surface area contributed by atoms with Crippen LogP contribution >= 0.6 is 0 Å². The summed E-state index contributed by atoms with van der Waals surface area (Å²) in [4.78, 5) is 12.7. The number of rotatable bonds is 6. The van der Waals surface area contributed by atoms with Gasteiger partial charge in [0.1, 0.15) is 0 Å². The van der Waals surface area contributed by atoms with Gasteiger partial charge in [-0.1, -0.05) is 400 Å². The summed E-state index contributed by atoms with van der Waals surface area (Å²) in [6, 6.07) is 162. The normalized spacial score (nSPS) is 14.7. The van der Waals surface area contributed by atoms with Gasteiger partial charge in [0.25, 0.3) is 0 Å². The van der Waals surface area contributed by atoms with Crippen LogP contribution < -0.4 is 0 Å². The number of hydrogen-bond acceptors (Lipinski definition) is 2. The quantitative estimate of drug-likeness (QED) is 0.166. The molecule has 2 nitrogen and oxygen atoms in total. The van der Waals surface area contributed by atoms with Gasteiger partial charge in [-0.05, 0) is 236 Å². The summed E-state index contributed by atoms with van der Waals surface area (Å²) in [7, 11) is 0. The highest BCUT2D eigenvalue weighted by molar-refractivity contribution is 6.07. The van der Waals surface area contributed by atoms with Gasteiger partial charge in [0.15, 0.2) is 0 Å². The molecule has 4 spiro atoms. The molecule has 8 aliphatic carbocycles. The third-order valence-corrected chi connectivity index (χ3v) is 29.4. The molecule has 0 saturated heterocycles. The van der Waals surface area contributed by atoms with E-state index in [0.29, 0.717) is 0 Å². The lowest BCUT2D eigenvalue weighted by Gasteiger charge is -2.31. The van der Waals surface area contributed by atoms with Gasteiger partial charge in [-0.15, -0.1) is 0 Å². The Hall–Kier alpha value is -15.5. The largest absolute Gasteiger partial charge is 0.243 e. The van der Waals surface area contributed by atoms with Gasteiger partial charge < -0.3 is 0 Å². The van der Waals surface area contributed by atoms with Crippen LogP contribution in [0.1, 0.15) is 89.0 Å². The molecule has 0 saturated carbocycles. The minimum absolute atomic E-state index is 0.477. The maximum atomic E-state index is 6.33. The van der Waals surface area contributed by atoms with Gasteiger partial charge in [0, 0.05) is 22.3 Å². The number of aromatic nitrogens is 2. The topological polar surface area (TPSA) is 25.8 Å². The first-order chi connectivity index (χ1) is 60.5. The number of hydrogen-bond donors (Lipinski definition) is 0. The predicted molar refractivity (Wildman–Crippen MR) is 497 cm³/mol. The Bertz CT molecular complexity index is 7360. The second-order valence-electron chi connectivity index (χ2n) is 34.5. The number of nitrogens with zero attached hydrogens (tertiary/aromatic N) is 2. The minimum Gasteiger partial charge on any atom is -0.243 e. The van der Waals surface area contributed by atoms with E-state index in [4.69, 9.17) is 9.97 Å². The average Bonchev–Trinajstić information content (AvgIpc) is 1.53. The summed E-state index contributed by atoms with van der Waals surface area (Å²) < 4.78 is 0. The molecule has 2 heteroatoms. The molecule has 28 rings (SSSR count). The fourth-order valence-electron chi connectivity index (χ4n) is 24.7. The highest BCUT2D eigenvalue weighted by Gasteiger charge is 2.56.